The minimum absolute atomic E-state index is 0.136. The highest BCUT2D eigenvalue weighted by atomic mass is 32.1. The number of amides is 2. The lowest BCUT2D eigenvalue weighted by molar-refractivity contribution is -0.127. The predicted molar refractivity (Wildman–Crippen MR) is 126 cm³/mol. The normalized spacial score (nSPS) is 12.5. The molecule has 0 aliphatic rings. The van der Waals surface area contributed by atoms with Gasteiger partial charge in [-0.25, -0.2) is 9.07 Å². The van der Waals surface area contributed by atoms with Crippen molar-refractivity contribution in [1.29, 1.82) is 0 Å². The first-order valence-electron chi connectivity index (χ1n) is 10.4. The van der Waals surface area contributed by atoms with Crippen molar-refractivity contribution >= 4 is 39.9 Å². The SMILES string of the molecule is CC(C)(C)NC(=O)[C@H](c1cccs1)N(C(=O)Cn1nnc2ccccc21)c1ccc(F)cc1. The van der Waals surface area contributed by atoms with Crippen molar-refractivity contribution in [2.45, 2.75) is 38.9 Å². The van der Waals surface area contributed by atoms with Gasteiger partial charge in [0, 0.05) is 16.1 Å². The molecule has 0 aliphatic carbocycles. The Balaban J connectivity index is 1.77. The van der Waals surface area contributed by atoms with Gasteiger partial charge in [-0.15, -0.1) is 16.4 Å². The van der Waals surface area contributed by atoms with Gasteiger partial charge in [0.05, 0.1) is 5.52 Å². The van der Waals surface area contributed by atoms with Crippen LogP contribution >= 0.6 is 11.3 Å². The summed E-state index contributed by atoms with van der Waals surface area (Å²) in [6, 6.07) is 15.6. The van der Waals surface area contributed by atoms with Crippen LogP contribution < -0.4 is 10.2 Å². The van der Waals surface area contributed by atoms with Crippen LogP contribution in [0.5, 0.6) is 0 Å². The van der Waals surface area contributed by atoms with Crippen LogP contribution in [0.1, 0.15) is 31.7 Å². The highest BCUT2D eigenvalue weighted by Crippen LogP contribution is 2.32. The summed E-state index contributed by atoms with van der Waals surface area (Å²) in [7, 11) is 0. The fourth-order valence-electron chi connectivity index (χ4n) is 3.54. The van der Waals surface area contributed by atoms with Crippen LogP contribution in [0, 0.1) is 5.82 Å². The van der Waals surface area contributed by atoms with E-state index >= 15 is 0 Å². The lowest BCUT2D eigenvalue weighted by atomic mass is 10.1. The quantitative estimate of drug-likeness (QED) is 0.460. The molecule has 0 unspecified atom stereocenters. The lowest BCUT2D eigenvalue weighted by Crippen LogP contribution is -2.50. The third-order valence-corrected chi connectivity index (χ3v) is 5.82. The maximum Gasteiger partial charge on any atom is 0.249 e. The molecule has 33 heavy (non-hydrogen) atoms. The number of halogens is 1. The van der Waals surface area contributed by atoms with Crippen LogP contribution in [-0.2, 0) is 16.1 Å². The summed E-state index contributed by atoms with van der Waals surface area (Å²) < 4.78 is 15.2. The van der Waals surface area contributed by atoms with Gasteiger partial charge in [0.1, 0.15) is 23.9 Å². The smallest absolute Gasteiger partial charge is 0.249 e. The number of para-hydroxylation sites is 1. The van der Waals surface area contributed by atoms with E-state index in [-0.39, 0.29) is 18.4 Å². The van der Waals surface area contributed by atoms with E-state index in [2.05, 4.69) is 15.6 Å². The summed E-state index contributed by atoms with van der Waals surface area (Å²) in [5.74, 6) is -1.13. The Morgan fingerprint density at radius 2 is 1.82 bits per heavy atom. The summed E-state index contributed by atoms with van der Waals surface area (Å²) in [5.41, 5.74) is 1.27. The Kier molecular flexibility index (Phi) is 6.24. The van der Waals surface area contributed by atoms with Gasteiger partial charge in [-0.1, -0.05) is 23.4 Å². The molecule has 170 valence electrons. The van der Waals surface area contributed by atoms with E-state index in [1.165, 1.54) is 45.2 Å². The van der Waals surface area contributed by atoms with E-state index in [9.17, 15) is 14.0 Å². The number of carbonyl (C=O) groups is 2. The molecule has 0 saturated heterocycles. The first-order valence-corrected chi connectivity index (χ1v) is 11.3. The number of nitrogens with one attached hydrogen (secondary N) is 1. The zero-order valence-corrected chi connectivity index (χ0v) is 19.3. The molecule has 0 saturated carbocycles. The molecule has 1 N–H and O–H groups in total. The van der Waals surface area contributed by atoms with Crippen molar-refractivity contribution in [2.75, 3.05) is 4.90 Å². The summed E-state index contributed by atoms with van der Waals surface area (Å²) in [6.07, 6.45) is 0. The second kappa shape index (κ2) is 9.11. The number of aromatic nitrogens is 3. The Hall–Kier alpha value is -3.59. The predicted octanol–water partition coefficient (Wildman–Crippen LogP) is 4.32. The number of anilines is 1. The maximum atomic E-state index is 13.7. The van der Waals surface area contributed by atoms with Crippen molar-refractivity contribution in [2.24, 2.45) is 0 Å². The fraction of sp³-hybridized carbons (Fsp3) is 0.250. The van der Waals surface area contributed by atoms with Crippen LogP contribution in [0.4, 0.5) is 10.1 Å². The topological polar surface area (TPSA) is 80.1 Å². The molecule has 1 atom stereocenters. The summed E-state index contributed by atoms with van der Waals surface area (Å²) >= 11 is 1.38. The number of hydrogen-bond donors (Lipinski definition) is 1. The molecule has 2 aromatic heterocycles. The monoisotopic (exact) mass is 465 g/mol. The third kappa shape index (κ3) is 5.09. The van der Waals surface area contributed by atoms with E-state index in [1.807, 2.05) is 62.5 Å². The molecule has 0 bridgehead atoms. The van der Waals surface area contributed by atoms with Crippen molar-refractivity contribution in [3.63, 3.8) is 0 Å². The zero-order valence-electron chi connectivity index (χ0n) is 18.5. The van der Waals surface area contributed by atoms with Crippen molar-refractivity contribution < 1.29 is 14.0 Å². The van der Waals surface area contributed by atoms with Crippen molar-refractivity contribution in [3.05, 3.63) is 76.7 Å². The minimum atomic E-state index is -0.933. The molecular weight excluding hydrogens is 441 g/mol. The standard InChI is InChI=1S/C24H24FN5O2S/c1-24(2,3)26-23(32)22(20-9-6-14-33-20)30(17-12-10-16(25)11-13-17)21(31)15-29-19-8-5-4-7-18(19)27-28-29/h4-14,22H,15H2,1-3H3,(H,26,32)/t22-/m0/s1. The van der Waals surface area contributed by atoms with Crippen molar-refractivity contribution in [3.8, 4) is 0 Å². The molecule has 0 spiro atoms. The van der Waals surface area contributed by atoms with E-state index in [1.54, 1.807) is 0 Å². The Morgan fingerprint density at radius 3 is 2.48 bits per heavy atom. The first-order chi connectivity index (χ1) is 15.7. The van der Waals surface area contributed by atoms with E-state index in [0.717, 1.165) is 0 Å². The average molecular weight is 466 g/mol. The molecule has 2 heterocycles. The van der Waals surface area contributed by atoms with Crippen LogP contribution in [-0.4, -0.2) is 32.3 Å². The molecule has 0 radical (unpaired) electrons. The van der Waals surface area contributed by atoms with Gasteiger partial charge in [-0.2, -0.15) is 0 Å². The van der Waals surface area contributed by atoms with Gasteiger partial charge in [0.15, 0.2) is 0 Å². The lowest BCUT2D eigenvalue weighted by Gasteiger charge is -2.33. The average Bonchev–Trinajstić information content (AvgIpc) is 3.42. The summed E-state index contributed by atoms with van der Waals surface area (Å²) in [4.78, 5) is 29.3. The van der Waals surface area contributed by atoms with Crippen molar-refractivity contribution in [1.82, 2.24) is 20.3 Å². The molecule has 2 amide bonds. The number of carbonyl (C=O) groups excluding carboxylic acids is 2. The largest absolute Gasteiger partial charge is 0.349 e. The Labute approximate surface area is 194 Å². The van der Waals surface area contributed by atoms with Gasteiger partial charge in [-0.3, -0.25) is 14.5 Å². The second-order valence-corrected chi connectivity index (χ2v) is 9.61. The number of fused-ring (bicyclic) bond motifs is 1. The molecule has 7 nitrogen and oxygen atoms in total. The highest BCUT2D eigenvalue weighted by molar-refractivity contribution is 7.10. The molecule has 4 aromatic rings. The van der Waals surface area contributed by atoms with Gasteiger partial charge in [0.2, 0.25) is 11.8 Å². The molecule has 2 aromatic carbocycles. The number of benzene rings is 2. The molecule has 4 rings (SSSR count). The fourth-order valence-corrected chi connectivity index (χ4v) is 4.35. The number of rotatable bonds is 6. The third-order valence-electron chi connectivity index (χ3n) is 4.90. The summed E-state index contributed by atoms with van der Waals surface area (Å²) in [6.45, 7) is 5.49. The number of thiophene rings is 1. The van der Waals surface area contributed by atoms with Gasteiger partial charge >= 0.3 is 0 Å². The van der Waals surface area contributed by atoms with E-state index in [4.69, 9.17) is 0 Å². The van der Waals surface area contributed by atoms with Crippen LogP contribution in [0.2, 0.25) is 0 Å². The first kappa shape index (κ1) is 22.6. The molecule has 9 heteroatoms. The van der Waals surface area contributed by atoms with Gasteiger partial charge < -0.3 is 5.32 Å². The summed E-state index contributed by atoms with van der Waals surface area (Å²) in [5, 5.41) is 13.1. The van der Waals surface area contributed by atoms with Crippen LogP contribution in [0.25, 0.3) is 11.0 Å². The van der Waals surface area contributed by atoms with Gasteiger partial charge in [0.25, 0.3) is 0 Å². The minimum Gasteiger partial charge on any atom is -0.349 e. The molecule has 0 fully saturated rings. The zero-order chi connectivity index (χ0) is 23.6. The Bertz CT molecular complexity index is 1260. The van der Waals surface area contributed by atoms with Crippen LogP contribution in [0.3, 0.4) is 0 Å². The number of hydrogen-bond acceptors (Lipinski definition) is 5. The maximum absolute atomic E-state index is 13.7. The van der Waals surface area contributed by atoms with E-state index in [0.29, 0.717) is 21.6 Å². The van der Waals surface area contributed by atoms with Gasteiger partial charge in [-0.05, 0) is 68.6 Å². The van der Waals surface area contributed by atoms with E-state index < -0.39 is 17.4 Å². The number of nitrogens with zero attached hydrogens (tertiary/aromatic N) is 4. The highest BCUT2D eigenvalue weighted by Gasteiger charge is 2.35. The van der Waals surface area contributed by atoms with Crippen LogP contribution in [0.15, 0.2) is 66.0 Å². The molecular formula is C24H24FN5O2S. The second-order valence-electron chi connectivity index (χ2n) is 8.63. The Morgan fingerprint density at radius 1 is 1.09 bits per heavy atom. The molecule has 0 aliphatic heterocycles.